The van der Waals surface area contributed by atoms with Gasteiger partial charge in [0.15, 0.2) is 0 Å². The van der Waals surface area contributed by atoms with E-state index in [1.807, 2.05) is 30.3 Å². The Labute approximate surface area is 93.9 Å². The Morgan fingerprint density at radius 3 is 2.88 bits per heavy atom. The molecule has 1 heterocycles. The molecule has 1 aromatic heterocycles. The van der Waals surface area contributed by atoms with E-state index < -0.39 is 0 Å². The number of benzene rings is 1. The fourth-order valence-corrected chi connectivity index (χ4v) is 1.30. The lowest BCUT2D eigenvalue weighted by atomic mass is 10.2. The lowest BCUT2D eigenvalue weighted by Gasteiger charge is -2.04. The Balaban J connectivity index is 1.80. The van der Waals surface area contributed by atoms with E-state index >= 15 is 0 Å². The second-order valence-corrected chi connectivity index (χ2v) is 3.36. The van der Waals surface area contributed by atoms with E-state index in [1.54, 1.807) is 29.8 Å². The number of aromatic nitrogens is 2. The van der Waals surface area contributed by atoms with Gasteiger partial charge in [0.2, 0.25) is 5.91 Å². The van der Waals surface area contributed by atoms with Gasteiger partial charge in [0, 0.05) is 12.4 Å². The van der Waals surface area contributed by atoms with Gasteiger partial charge in [-0.15, -0.1) is 0 Å². The Bertz CT molecular complexity index is 437. The molecule has 4 nitrogen and oxygen atoms in total. The van der Waals surface area contributed by atoms with Crippen LogP contribution in [0.1, 0.15) is 5.56 Å². The van der Waals surface area contributed by atoms with E-state index in [4.69, 9.17) is 0 Å². The van der Waals surface area contributed by atoms with E-state index in [0.717, 1.165) is 5.56 Å². The Kier molecular flexibility index (Phi) is 3.33. The first kappa shape index (κ1) is 10.4. The normalized spacial score (nSPS) is 10.0. The van der Waals surface area contributed by atoms with Crippen molar-refractivity contribution in [2.45, 2.75) is 6.54 Å². The van der Waals surface area contributed by atoms with Gasteiger partial charge < -0.3 is 9.88 Å². The molecule has 1 radical (unpaired) electrons. The van der Waals surface area contributed by atoms with Crippen LogP contribution in [0.3, 0.4) is 0 Å². The van der Waals surface area contributed by atoms with E-state index in [9.17, 15) is 4.79 Å². The van der Waals surface area contributed by atoms with Crippen molar-refractivity contribution in [3.63, 3.8) is 0 Å². The van der Waals surface area contributed by atoms with Crippen LogP contribution in [0.25, 0.3) is 0 Å². The van der Waals surface area contributed by atoms with Crippen molar-refractivity contribution in [3.05, 3.63) is 61.2 Å². The minimum atomic E-state index is -0.0677. The van der Waals surface area contributed by atoms with Crippen LogP contribution >= 0.6 is 0 Å². The maximum atomic E-state index is 11.5. The molecule has 2 rings (SSSR count). The standard InChI is InChI=1S/C12H12N3O/c16-12(9-15-7-6-13-10-15)14-8-11-4-2-1-3-5-11/h1-8,10H,9H2,(H,14,16). The smallest absolute Gasteiger partial charge is 0.240 e. The molecule has 1 amide bonds. The number of imidazole rings is 1. The van der Waals surface area contributed by atoms with Crippen LogP contribution in [-0.2, 0) is 11.3 Å². The highest BCUT2D eigenvalue weighted by Crippen LogP contribution is 1.99. The Morgan fingerprint density at radius 2 is 2.19 bits per heavy atom. The van der Waals surface area contributed by atoms with Gasteiger partial charge in [0.1, 0.15) is 6.54 Å². The highest BCUT2D eigenvalue weighted by Gasteiger charge is 2.01. The maximum absolute atomic E-state index is 11.5. The van der Waals surface area contributed by atoms with Crippen molar-refractivity contribution < 1.29 is 4.79 Å². The molecule has 0 aliphatic heterocycles. The van der Waals surface area contributed by atoms with E-state index in [2.05, 4.69) is 10.3 Å². The minimum absolute atomic E-state index is 0.0677. The van der Waals surface area contributed by atoms with Crippen LogP contribution in [-0.4, -0.2) is 15.5 Å². The molecule has 2 aromatic rings. The zero-order valence-corrected chi connectivity index (χ0v) is 8.71. The molecule has 0 bridgehead atoms. The second-order valence-electron chi connectivity index (χ2n) is 3.36. The Morgan fingerprint density at radius 1 is 1.38 bits per heavy atom. The first-order valence-electron chi connectivity index (χ1n) is 4.98. The van der Waals surface area contributed by atoms with Crippen LogP contribution in [0.4, 0.5) is 0 Å². The van der Waals surface area contributed by atoms with Crippen LogP contribution in [0.15, 0.2) is 49.1 Å². The maximum Gasteiger partial charge on any atom is 0.240 e. The summed E-state index contributed by atoms with van der Waals surface area (Å²) >= 11 is 0. The third-order valence-electron chi connectivity index (χ3n) is 2.08. The SMILES string of the molecule is O=C(Cn1ccnc1)N[CH]c1ccccc1. The average Bonchev–Trinajstić information content (AvgIpc) is 2.81. The molecule has 0 saturated heterocycles. The molecule has 1 N–H and O–H groups in total. The van der Waals surface area contributed by atoms with Gasteiger partial charge in [0.25, 0.3) is 0 Å². The molecule has 0 fully saturated rings. The summed E-state index contributed by atoms with van der Waals surface area (Å²) in [5.41, 5.74) is 0.974. The topological polar surface area (TPSA) is 46.9 Å². The third kappa shape index (κ3) is 2.95. The van der Waals surface area contributed by atoms with Gasteiger partial charge in [-0.1, -0.05) is 30.3 Å². The number of carbonyl (C=O) groups excluding carboxylic acids is 1. The summed E-state index contributed by atoms with van der Waals surface area (Å²) in [5.74, 6) is -0.0677. The van der Waals surface area contributed by atoms with Gasteiger partial charge in [-0.2, -0.15) is 0 Å². The molecule has 0 aliphatic rings. The van der Waals surface area contributed by atoms with Crippen molar-refractivity contribution in [1.82, 2.24) is 14.9 Å². The molecule has 4 heteroatoms. The zero-order valence-electron chi connectivity index (χ0n) is 8.71. The first-order chi connectivity index (χ1) is 7.84. The molecule has 1 aromatic carbocycles. The minimum Gasteiger partial charge on any atom is -0.345 e. The molecule has 0 spiro atoms. The Hall–Kier alpha value is -2.10. The highest BCUT2D eigenvalue weighted by atomic mass is 16.1. The van der Waals surface area contributed by atoms with Gasteiger partial charge in [-0.05, 0) is 5.56 Å². The summed E-state index contributed by atoms with van der Waals surface area (Å²) in [4.78, 5) is 15.4. The van der Waals surface area contributed by atoms with E-state index in [-0.39, 0.29) is 12.5 Å². The summed E-state index contributed by atoms with van der Waals surface area (Å²) < 4.78 is 1.72. The van der Waals surface area contributed by atoms with Crippen molar-refractivity contribution >= 4 is 5.91 Å². The first-order valence-corrected chi connectivity index (χ1v) is 4.98. The van der Waals surface area contributed by atoms with Crippen LogP contribution in [0, 0.1) is 6.54 Å². The zero-order chi connectivity index (χ0) is 11.2. The number of amides is 1. The molecule has 0 aliphatic carbocycles. The predicted octanol–water partition coefficient (Wildman–Crippen LogP) is 1.21. The lowest BCUT2D eigenvalue weighted by molar-refractivity contribution is -0.121. The number of nitrogens with one attached hydrogen (secondary N) is 1. The van der Waals surface area contributed by atoms with E-state index in [0.29, 0.717) is 0 Å². The summed E-state index contributed by atoms with van der Waals surface area (Å²) in [5, 5.41) is 2.72. The van der Waals surface area contributed by atoms with Crippen molar-refractivity contribution in [3.8, 4) is 0 Å². The largest absolute Gasteiger partial charge is 0.345 e. The predicted molar refractivity (Wildman–Crippen MR) is 60.2 cm³/mol. The molecule has 16 heavy (non-hydrogen) atoms. The third-order valence-corrected chi connectivity index (χ3v) is 2.08. The van der Waals surface area contributed by atoms with Crippen molar-refractivity contribution in [2.24, 2.45) is 0 Å². The lowest BCUT2D eigenvalue weighted by Crippen LogP contribution is -2.25. The van der Waals surface area contributed by atoms with Gasteiger partial charge in [0.05, 0.1) is 12.9 Å². The quantitative estimate of drug-likeness (QED) is 0.831. The van der Waals surface area contributed by atoms with Crippen molar-refractivity contribution in [2.75, 3.05) is 0 Å². The summed E-state index contributed by atoms with van der Waals surface area (Å²) in [6, 6.07) is 9.64. The fraction of sp³-hybridized carbons (Fsp3) is 0.0833. The molecular formula is C12H12N3O. The molecule has 0 saturated carbocycles. The average molecular weight is 214 g/mol. The second kappa shape index (κ2) is 5.11. The number of rotatable bonds is 4. The van der Waals surface area contributed by atoms with Crippen LogP contribution in [0.2, 0.25) is 0 Å². The number of carbonyl (C=O) groups is 1. The number of hydrogen-bond donors (Lipinski definition) is 1. The number of nitrogens with zero attached hydrogens (tertiary/aromatic N) is 2. The monoisotopic (exact) mass is 214 g/mol. The van der Waals surface area contributed by atoms with Gasteiger partial charge in [-0.3, -0.25) is 4.79 Å². The van der Waals surface area contributed by atoms with Crippen LogP contribution in [0.5, 0.6) is 0 Å². The highest BCUT2D eigenvalue weighted by molar-refractivity contribution is 5.76. The summed E-state index contributed by atoms with van der Waals surface area (Å²) in [6.45, 7) is 1.97. The molecule has 0 atom stereocenters. The van der Waals surface area contributed by atoms with E-state index in [1.165, 1.54) is 0 Å². The fourth-order valence-electron chi connectivity index (χ4n) is 1.30. The van der Waals surface area contributed by atoms with Gasteiger partial charge in [-0.25, -0.2) is 4.98 Å². The van der Waals surface area contributed by atoms with Crippen molar-refractivity contribution in [1.29, 1.82) is 0 Å². The van der Waals surface area contributed by atoms with Gasteiger partial charge >= 0.3 is 0 Å². The molecule has 81 valence electrons. The van der Waals surface area contributed by atoms with Crippen LogP contribution < -0.4 is 5.32 Å². The molecule has 0 unspecified atom stereocenters. The number of hydrogen-bond acceptors (Lipinski definition) is 2. The molecular weight excluding hydrogens is 202 g/mol. The summed E-state index contributed by atoms with van der Waals surface area (Å²) in [6.07, 6.45) is 5.01. The summed E-state index contributed by atoms with van der Waals surface area (Å²) in [7, 11) is 0.